The van der Waals surface area contributed by atoms with E-state index in [0.29, 0.717) is 12.8 Å². The molecule has 0 fully saturated rings. The van der Waals surface area contributed by atoms with Gasteiger partial charge in [-0.15, -0.1) is 6.58 Å². The van der Waals surface area contributed by atoms with E-state index in [-0.39, 0.29) is 4.92 Å². The summed E-state index contributed by atoms with van der Waals surface area (Å²) in [6.45, 7) is 5.76. The van der Waals surface area contributed by atoms with Crippen molar-refractivity contribution in [2.45, 2.75) is 70.8 Å². The summed E-state index contributed by atoms with van der Waals surface area (Å²) >= 11 is 0. The molecule has 3 heteroatoms. The van der Waals surface area contributed by atoms with Crippen LogP contribution in [0.5, 0.6) is 0 Å². The van der Waals surface area contributed by atoms with Crippen molar-refractivity contribution in [2.24, 2.45) is 0 Å². The van der Waals surface area contributed by atoms with Gasteiger partial charge in [0.25, 0.3) is 0 Å². The van der Waals surface area contributed by atoms with E-state index in [9.17, 15) is 10.1 Å². The topological polar surface area (TPSA) is 43.1 Å². The van der Waals surface area contributed by atoms with Gasteiger partial charge in [-0.3, -0.25) is 10.1 Å². The van der Waals surface area contributed by atoms with Gasteiger partial charge in [-0.05, 0) is 6.42 Å². The Balaban J connectivity index is 3.40. The molecule has 0 aliphatic heterocycles. The largest absolute Gasteiger partial charge is 0.264 e. The Bertz CT molecular complexity index is 192. The van der Waals surface area contributed by atoms with Crippen molar-refractivity contribution >= 4 is 0 Å². The lowest BCUT2D eigenvalue weighted by molar-refractivity contribution is -0.522. The van der Waals surface area contributed by atoms with Gasteiger partial charge in [0.15, 0.2) is 0 Å². The molecule has 1 unspecified atom stereocenters. The van der Waals surface area contributed by atoms with E-state index >= 15 is 0 Å². The summed E-state index contributed by atoms with van der Waals surface area (Å²) in [7, 11) is 0. The Morgan fingerprint density at radius 1 is 1.19 bits per heavy atom. The van der Waals surface area contributed by atoms with Crippen LogP contribution in [0.2, 0.25) is 0 Å². The first-order valence-corrected chi connectivity index (χ1v) is 6.46. The van der Waals surface area contributed by atoms with Crippen molar-refractivity contribution in [1.29, 1.82) is 0 Å². The molecule has 16 heavy (non-hydrogen) atoms. The van der Waals surface area contributed by atoms with Crippen LogP contribution in [0.25, 0.3) is 0 Å². The standard InChI is InChI=1S/C13H25NO2/c1-3-5-6-7-8-9-10-12-13(11-4-2)14(15)16/h4,13H,2-3,5-12H2,1H3. The predicted octanol–water partition coefficient (Wildman–Crippen LogP) is 4.35. The van der Waals surface area contributed by atoms with Crippen LogP contribution in [0.1, 0.15) is 64.7 Å². The van der Waals surface area contributed by atoms with E-state index in [4.69, 9.17) is 0 Å². The molecule has 0 N–H and O–H groups in total. The van der Waals surface area contributed by atoms with Crippen molar-refractivity contribution in [3.8, 4) is 0 Å². The van der Waals surface area contributed by atoms with E-state index in [1.807, 2.05) is 0 Å². The first kappa shape index (κ1) is 15.1. The fourth-order valence-corrected chi connectivity index (χ4v) is 1.84. The number of nitro groups is 1. The zero-order valence-electron chi connectivity index (χ0n) is 10.5. The summed E-state index contributed by atoms with van der Waals surface area (Å²) in [4.78, 5) is 10.5. The maximum absolute atomic E-state index is 10.7. The van der Waals surface area contributed by atoms with Crippen LogP contribution in [0.3, 0.4) is 0 Å². The fourth-order valence-electron chi connectivity index (χ4n) is 1.84. The Morgan fingerprint density at radius 2 is 1.75 bits per heavy atom. The van der Waals surface area contributed by atoms with E-state index in [2.05, 4.69) is 13.5 Å². The Labute approximate surface area is 99.1 Å². The summed E-state index contributed by atoms with van der Waals surface area (Å²) in [6, 6.07) is -0.409. The van der Waals surface area contributed by atoms with Gasteiger partial charge in [-0.1, -0.05) is 51.5 Å². The molecule has 0 rings (SSSR count). The zero-order valence-corrected chi connectivity index (χ0v) is 10.5. The number of hydrogen-bond acceptors (Lipinski definition) is 2. The van der Waals surface area contributed by atoms with E-state index in [0.717, 1.165) is 12.8 Å². The zero-order chi connectivity index (χ0) is 12.2. The molecular formula is C13H25NO2. The van der Waals surface area contributed by atoms with Crippen molar-refractivity contribution in [2.75, 3.05) is 0 Å². The Kier molecular flexibility index (Phi) is 10.1. The van der Waals surface area contributed by atoms with Gasteiger partial charge in [-0.2, -0.15) is 0 Å². The summed E-state index contributed by atoms with van der Waals surface area (Å²) < 4.78 is 0. The molecule has 94 valence electrons. The van der Waals surface area contributed by atoms with Crippen LogP contribution in [-0.2, 0) is 0 Å². The molecule has 3 nitrogen and oxygen atoms in total. The van der Waals surface area contributed by atoms with E-state index in [1.54, 1.807) is 6.08 Å². The monoisotopic (exact) mass is 227 g/mol. The number of nitrogens with zero attached hydrogens (tertiary/aromatic N) is 1. The minimum atomic E-state index is -0.409. The molecule has 0 aromatic rings. The van der Waals surface area contributed by atoms with Gasteiger partial charge < -0.3 is 0 Å². The average molecular weight is 227 g/mol. The third-order valence-corrected chi connectivity index (χ3v) is 2.88. The molecule has 0 spiro atoms. The molecule has 0 saturated heterocycles. The minimum absolute atomic E-state index is 0.168. The quantitative estimate of drug-likeness (QED) is 0.228. The van der Waals surface area contributed by atoms with Crippen LogP contribution in [0, 0.1) is 10.1 Å². The van der Waals surface area contributed by atoms with Crippen molar-refractivity contribution in [3.05, 3.63) is 22.8 Å². The van der Waals surface area contributed by atoms with Crippen LogP contribution in [0.15, 0.2) is 12.7 Å². The summed E-state index contributed by atoms with van der Waals surface area (Å²) in [6.07, 6.45) is 11.3. The van der Waals surface area contributed by atoms with Gasteiger partial charge in [0.2, 0.25) is 6.04 Å². The van der Waals surface area contributed by atoms with Gasteiger partial charge in [-0.25, -0.2) is 0 Å². The first-order chi connectivity index (χ1) is 7.72. The maximum Gasteiger partial charge on any atom is 0.216 e. The molecule has 0 heterocycles. The summed E-state index contributed by atoms with van der Waals surface area (Å²) in [5, 5.41) is 10.7. The van der Waals surface area contributed by atoms with Gasteiger partial charge in [0, 0.05) is 17.8 Å². The lowest BCUT2D eigenvalue weighted by atomic mass is 10.0. The molecule has 0 aliphatic rings. The van der Waals surface area contributed by atoms with Gasteiger partial charge in [0.05, 0.1) is 0 Å². The Hall–Kier alpha value is -0.860. The number of hydrogen-bond donors (Lipinski definition) is 0. The van der Waals surface area contributed by atoms with Crippen molar-refractivity contribution in [3.63, 3.8) is 0 Å². The van der Waals surface area contributed by atoms with Crippen LogP contribution >= 0.6 is 0 Å². The first-order valence-electron chi connectivity index (χ1n) is 6.46. The highest BCUT2D eigenvalue weighted by molar-refractivity contribution is 4.72. The van der Waals surface area contributed by atoms with E-state index in [1.165, 1.54) is 32.1 Å². The van der Waals surface area contributed by atoms with Crippen molar-refractivity contribution in [1.82, 2.24) is 0 Å². The fraction of sp³-hybridized carbons (Fsp3) is 0.846. The van der Waals surface area contributed by atoms with Crippen molar-refractivity contribution < 1.29 is 4.92 Å². The smallest absolute Gasteiger partial charge is 0.216 e. The highest BCUT2D eigenvalue weighted by Gasteiger charge is 2.16. The van der Waals surface area contributed by atoms with Crippen LogP contribution < -0.4 is 0 Å². The second kappa shape index (κ2) is 10.7. The van der Waals surface area contributed by atoms with Crippen LogP contribution in [0.4, 0.5) is 0 Å². The number of unbranched alkanes of at least 4 members (excludes halogenated alkanes) is 6. The third kappa shape index (κ3) is 8.45. The maximum atomic E-state index is 10.7. The van der Waals surface area contributed by atoms with E-state index < -0.39 is 6.04 Å². The molecule has 0 bridgehead atoms. The molecule has 0 saturated carbocycles. The molecule has 0 amide bonds. The van der Waals surface area contributed by atoms with Crippen LogP contribution in [-0.4, -0.2) is 11.0 Å². The normalized spacial score (nSPS) is 12.3. The molecular weight excluding hydrogens is 202 g/mol. The molecule has 1 atom stereocenters. The average Bonchev–Trinajstić information content (AvgIpc) is 2.26. The summed E-state index contributed by atoms with van der Waals surface area (Å²) in [5.41, 5.74) is 0. The second-order valence-electron chi connectivity index (χ2n) is 4.37. The Morgan fingerprint density at radius 3 is 2.25 bits per heavy atom. The predicted molar refractivity (Wildman–Crippen MR) is 68.2 cm³/mol. The van der Waals surface area contributed by atoms with Gasteiger partial charge in [0.1, 0.15) is 0 Å². The minimum Gasteiger partial charge on any atom is -0.264 e. The highest BCUT2D eigenvalue weighted by Crippen LogP contribution is 2.12. The molecule has 0 aromatic heterocycles. The lowest BCUT2D eigenvalue weighted by Gasteiger charge is -2.06. The molecule has 0 radical (unpaired) electrons. The summed E-state index contributed by atoms with van der Waals surface area (Å²) in [5.74, 6) is 0. The highest BCUT2D eigenvalue weighted by atomic mass is 16.6. The molecule has 0 aliphatic carbocycles. The second-order valence-corrected chi connectivity index (χ2v) is 4.37. The molecule has 0 aromatic carbocycles. The SMILES string of the molecule is C=CCC(CCCCCCCCC)[N+](=O)[O-]. The van der Waals surface area contributed by atoms with Gasteiger partial charge >= 0.3 is 0 Å². The lowest BCUT2D eigenvalue weighted by Crippen LogP contribution is -2.18. The number of rotatable bonds is 11. The third-order valence-electron chi connectivity index (χ3n) is 2.88.